The van der Waals surface area contributed by atoms with Gasteiger partial charge in [0.1, 0.15) is 6.61 Å². The fourth-order valence-corrected chi connectivity index (χ4v) is 3.70. The number of ether oxygens (including phenoxy) is 2. The van der Waals surface area contributed by atoms with Crippen LogP contribution in [0.25, 0.3) is 0 Å². The van der Waals surface area contributed by atoms with Crippen LogP contribution in [0, 0.1) is 0 Å². The van der Waals surface area contributed by atoms with E-state index in [1.807, 2.05) is 80.6 Å². The summed E-state index contributed by atoms with van der Waals surface area (Å²) in [4.78, 5) is 12.3. The average molecular weight is 449 g/mol. The first-order chi connectivity index (χ1) is 15.7. The maximum absolute atomic E-state index is 12.3. The molecule has 1 atom stereocenters. The van der Waals surface area contributed by atoms with Gasteiger partial charge in [-0.3, -0.25) is 4.79 Å². The van der Waals surface area contributed by atoms with Crippen molar-refractivity contribution >= 4 is 23.9 Å². The lowest BCUT2D eigenvalue weighted by Gasteiger charge is -2.13. The lowest BCUT2D eigenvalue weighted by molar-refractivity contribution is -0.120. The monoisotopic (exact) mass is 448 g/mol. The molecule has 0 aliphatic heterocycles. The Morgan fingerprint density at radius 3 is 2.34 bits per heavy atom. The second kappa shape index (κ2) is 12.6. The van der Waals surface area contributed by atoms with Gasteiger partial charge in [-0.05, 0) is 48.7 Å². The van der Waals surface area contributed by atoms with Gasteiger partial charge in [0.25, 0.3) is 5.91 Å². The van der Waals surface area contributed by atoms with Crippen molar-refractivity contribution in [3.8, 4) is 11.5 Å². The molecule has 0 spiro atoms. The Hall–Kier alpha value is -3.25. The summed E-state index contributed by atoms with van der Waals surface area (Å²) in [5, 5.41) is 3.90. The zero-order valence-corrected chi connectivity index (χ0v) is 19.2. The molecule has 0 aliphatic carbocycles. The molecule has 5 nitrogen and oxygen atoms in total. The van der Waals surface area contributed by atoms with Gasteiger partial charge in [-0.2, -0.15) is 5.10 Å². The number of thioether (sulfide) groups is 1. The standard InChI is InChI=1S/C26H28N2O3S/c1-3-30-25-16-23(14-15-24(25)31-18-21-10-6-4-7-11-21)17-27-28-26(29)20(2)32-19-22-12-8-5-9-13-22/h4-17,20H,3,18-19H2,1-2H3,(H,28,29). The van der Waals surface area contributed by atoms with Gasteiger partial charge in [0, 0.05) is 5.75 Å². The molecule has 1 amide bonds. The molecule has 0 aliphatic rings. The summed E-state index contributed by atoms with van der Waals surface area (Å²) in [6.07, 6.45) is 1.61. The highest BCUT2D eigenvalue weighted by atomic mass is 32.2. The molecular formula is C26H28N2O3S. The van der Waals surface area contributed by atoms with Gasteiger partial charge in [0.05, 0.1) is 18.1 Å². The second-order valence-corrected chi connectivity index (χ2v) is 8.42. The van der Waals surface area contributed by atoms with Crippen molar-refractivity contribution in [3.05, 3.63) is 95.6 Å². The third kappa shape index (κ3) is 7.46. The minimum Gasteiger partial charge on any atom is -0.490 e. The van der Waals surface area contributed by atoms with Crippen molar-refractivity contribution in [2.24, 2.45) is 5.10 Å². The van der Waals surface area contributed by atoms with Crippen molar-refractivity contribution in [2.75, 3.05) is 6.61 Å². The largest absolute Gasteiger partial charge is 0.490 e. The number of nitrogens with one attached hydrogen (secondary N) is 1. The number of benzene rings is 3. The third-order valence-electron chi connectivity index (χ3n) is 4.61. The van der Waals surface area contributed by atoms with E-state index < -0.39 is 0 Å². The lowest BCUT2D eigenvalue weighted by atomic mass is 10.2. The topological polar surface area (TPSA) is 59.9 Å². The van der Waals surface area contributed by atoms with Crippen LogP contribution in [0.1, 0.15) is 30.5 Å². The van der Waals surface area contributed by atoms with Crippen LogP contribution in [0.3, 0.4) is 0 Å². The van der Waals surface area contributed by atoms with Gasteiger partial charge >= 0.3 is 0 Å². The number of carbonyl (C=O) groups is 1. The van der Waals surface area contributed by atoms with Crippen LogP contribution >= 0.6 is 11.8 Å². The van der Waals surface area contributed by atoms with Gasteiger partial charge in [-0.15, -0.1) is 11.8 Å². The first-order valence-corrected chi connectivity index (χ1v) is 11.6. The fourth-order valence-electron chi connectivity index (χ4n) is 2.86. The van der Waals surface area contributed by atoms with E-state index >= 15 is 0 Å². The molecule has 0 saturated carbocycles. The molecule has 3 aromatic rings. The molecule has 166 valence electrons. The highest BCUT2D eigenvalue weighted by molar-refractivity contribution is 7.99. The maximum atomic E-state index is 12.3. The number of rotatable bonds is 11. The van der Waals surface area contributed by atoms with Gasteiger partial charge < -0.3 is 9.47 Å². The van der Waals surface area contributed by atoms with Gasteiger partial charge in [0.15, 0.2) is 11.5 Å². The number of hydrazone groups is 1. The number of amides is 1. The summed E-state index contributed by atoms with van der Waals surface area (Å²) in [7, 11) is 0. The van der Waals surface area contributed by atoms with Crippen LogP contribution in [0.4, 0.5) is 0 Å². The summed E-state index contributed by atoms with van der Waals surface area (Å²) in [5.74, 6) is 1.96. The van der Waals surface area contributed by atoms with E-state index in [-0.39, 0.29) is 11.2 Å². The summed E-state index contributed by atoms with van der Waals surface area (Å²) in [5.41, 5.74) is 5.71. The average Bonchev–Trinajstić information content (AvgIpc) is 2.83. The molecule has 3 rings (SSSR count). The minimum atomic E-state index is -0.208. The molecule has 0 radical (unpaired) electrons. The molecule has 6 heteroatoms. The Morgan fingerprint density at radius 1 is 0.969 bits per heavy atom. The molecule has 1 unspecified atom stereocenters. The molecule has 0 fully saturated rings. The van der Waals surface area contributed by atoms with E-state index in [9.17, 15) is 4.79 Å². The maximum Gasteiger partial charge on any atom is 0.252 e. The van der Waals surface area contributed by atoms with E-state index in [0.717, 1.165) is 16.9 Å². The molecule has 0 aromatic heterocycles. The fraction of sp³-hybridized carbons (Fsp3) is 0.231. The van der Waals surface area contributed by atoms with Crippen molar-refractivity contribution in [2.45, 2.75) is 31.5 Å². The number of nitrogens with zero attached hydrogens (tertiary/aromatic N) is 1. The molecule has 32 heavy (non-hydrogen) atoms. The predicted octanol–water partition coefficient (Wildman–Crippen LogP) is 5.44. The van der Waals surface area contributed by atoms with Gasteiger partial charge in [0.2, 0.25) is 0 Å². The minimum absolute atomic E-state index is 0.130. The second-order valence-electron chi connectivity index (χ2n) is 7.09. The summed E-state index contributed by atoms with van der Waals surface area (Å²) < 4.78 is 11.7. The van der Waals surface area contributed by atoms with Crippen LogP contribution < -0.4 is 14.9 Å². The molecule has 0 heterocycles. The van der Waals surface area contributed by atoms with E-state index in [0.29, 0.717) is 24.7 Å². The van der Waals surface area contributed by atoms with E-state index in [1.54, 1.807) is 18.0 Å². The Balaban J connectivity index is 1.53. The van der Waals surface area contributed by atoms with Crippen molar-refractivity contribution in [1.29, 1.82) is 0 Å². The molecule has 1 N–H and O–H groups in total. The van der Waals surface area contributed by atoms with Crippen LogP contribution in [0.5, 0.6) is 11.5 Å². The summed E-state index contributed by atoms with van der Waals surface area (Å²) in [6, 6.07) is 25.7. The quantitative estimate of drug-likeness (QED) is 0.314. The van der Waals surface area contributed by atoms with Crippen molar-refractivity contribution < 1.29 is 14.3 Å². The highest BCUT2D eigenvalue weighted by Gasteiger charge is 2.12. The Kier molecular flexibility index (Phi) is 9.20. The van der Waals surface area contributed by atoms with Crippen LogP contribution in [-0.2, 0) is 17.2 Å². The number of hydrogen-bond acceptors (Lipinski definition) is 5. The van der Waals surface area contributed by atoms with Gasteiger partial charge in [-0.1, -0.05) is 60.7 Å². The predicted molar refractivity (Wildman–Crippen MR) is 131 cm³/mol. The Morgan fingerprint density at radius 2 is 1.66 bits per heavy atom. The Labute approximate surface area is 193 Å². The van der Waals surface area contributed by atoms with E-state index in [1.165, 1.54) is 5.56 Å². The Bertz CT molecular complexity index is 1010. The normalized spacial score (nSPS) is 11.8. The smallest absolute Gasteiger partial charge is 0.252 e. The molecule has 0 saturated heterocycles. The van der Waals surface area contributed by atoms with Crippen LogP contribution in [-0.4, -0.2) is 24.0 Å². The zero-order chi connectivity index (χ0) is 22.6. The number of carbonyl (C=O) groups excluding carboxylic acids is 1. The first-order valence-electron chi connectivity index (χ1n) is 10.6. The summed E-state index contributed by atoms with van der Waals surface area (Å²) >= 11 is 1.58. The van der Waals surface area contributed by atoms with Crippen molar-refractivity contribution in [3.63, 3.8) is 0 Å². The third-order valence-corrected chi connectivity index (χ3v) is 5.82. The van der Waals surface area contributed by atoms with Crippen molar-refractivity contribution in [1.82, 2.24) is 5.43 Å². The van der Waals surface area contributed by atoms with Gasteiger partial charge in [-0.25, -0.2) is 5.43 Å². The van der Waals surface area contributed by atoms with Crippen LogP contribution in [0.2, 0.25) is 0 Å². The molecular weight excluding hydrogens is 420 g/mol. The number of hydrogen-bond donors (Lipinski definition) is 1. The highest BCUT2D eigenvalue weighted by Crippen LogP contribution is 2.29. The zero-order valence-electron chi connectivity index (χ0n) is 18.4. The van der Waals surface area contributed by atoms with E-state index in [4.69, 9.17) is 9.47 Å². The van der Waals surface area contributed by atoms with E-state index in [2.05, 4.69) is 22.7 Å². The SMILES string of the molecule is CCOc1cc(C=NNC(=O)C(C)SCc2ccccc2)ccc1OCc1ccccc1. The summed E-state index contributed by atoms with van der Waals surface area (Å²) in [6.45, 7) is 4.79. The molecule has 3 aromatic carbocycles. The first kappa shape index (κ1) is 23.4. The lowest BCUT2D eigenvalue weighted by Crippen LogP contribution is -2.27. The van der Waals surface area contributed by atoms with Crippen LogP contribution in [0.15, 0.2) is 84.0 Å². The molecule has 0 bridgehead atoms.